The Labute approximate surface area is 71.8 Å². The van der Waals surface area contributed by atoms with E-state index in [2.05, 4.69) is 0 Å². The number of rotatable bonds is 2. The second-order valence-corrected chi connectivity index (χ2v) is 3.42. The van der Waals surface area contributed by atoms with Crippen LogP contribution in [0.3, 0.4) is 0 Å². The average Bonchev–Trinajstić information content (AvgIpc) is 2.25. The second-order valence-electron chi connectivity index (χ2n) is 3.42. The minimum absolute atomic E-state index is 0.256. The van der Waals surface area contributed by atoms with E-state index in [4.69, 9.17) is 9.84 Å². The summed E-state index contributed by atoms with van der Waals surface area (Å²) in [6.07, 6.45) is -1.40. The highest BCUT2D eigenvalue weighted by Crippen LogP contribution is 2.32. The fraction of sp³-hybridized carbons (Fsp3) is 1.00. The lowest BCUT2D eigenvalue weighted by Crippen LogP contribution is -2.45. The van der Waals surface area contributed by atoms with Gasteiger partial charge in [0, 0.05) is 0 Å². The van der Waals surface area contributed by atoms with Crippen molar-refractivity contribution in [1.82, 2.24) is 0 Å². The molecule has 0 saturated carbocycles. The predicted octanol–water partition coefficient (Wildman–Crippen LogP) is -0.732. The minimum atomic E-state index is -1.23. The summed E-state index contributed by atoms with van der Waals surface area (Å²) in [5, 5.41) is 28.0. The van der Waals surface area contributed by atoms with Crippen LogP contribution in [0.25, 0.3) is 0 Å². The van der Waals surface area contributed by atoms with E-state index in [0.717, 1.165) is 0 Å². The van der Waals surface area contributed by atoms with Crippen molar-refractivity contribution in [2.24, 2.45) is 0 Å². The zero-order chi connectivity index (χ0) is 9.35. The summed E-state index contributed by atoms with van der Waals surface area (Å²) in [5.74, 6) is 0. The third-order valence-electron chi connectivity index (χ3n) is 2.49. The van der Waals surface area contributed by atoms with Crippen molar-refractivity contribution >= 4 is 0 Å². The summed E-state index contributed by atoms with van der Waals surface area (Å²) in [6, 6.07) is 0. The molecule has 0 aromatic heterocycles. The van der Waals surface area contributed by atoms with Gasteiger partial charge >= 0.3 is 0 Å². The van der Waals surface area contributed by atoms with Gasteiger partial charge in [0.25, 0.3) is 0 Å². The second kappa shape index (κ2) is 3.30. The van der Waals surface area contributed by atoms with E-state index >= 15 is 0 Å². The quantitative estimate of drug-likeness (QED) is 0.518. The first-order chi connectivity index (χ1) is 5.54. The molecule has 1 fully saturated rings. The van der Waals surface area contributed by atoms with Crippen molar-refractivity contribution in [2.45, 2.75) is 44.2 Å². The Morgan fingerprint density at radius 1 is 1.50 bits per heavy atom. The van der Waals surface area contributed by atoms with Gasteiger partial charge in [-0.25, -0.2) is 0 Å². The molecule has 1 aliphatic heterocycles. The van der Waals surface area contributed by atoms with Gasteiger partial charge in [0.05, 0.1) is 12.7 Å². The molecule has 4 unspecified atom stereocenters. The van der Waals surface area contributed by atoms with Crippen molar-refractivity contribution in [1.29, 1.82) is 0 Å². The van der Waals surface area contributed by atoms with Crippen LogP contribution in [0.15, 0.2) is 0 Å². The van der Waals surface area contributed by atoms with Gasteiger partial charge in [0.1, 0.15) is 17.8 Å². The number of hydrogen-bond donors (Lipinski definition) is 3. The van der Waals surface area contributed by atoms with Gasteiger partial charge in [-0.1, -0.05) is 6.92 Å². The Morgan fingerprint density at radius 3 is 2.33 bits per heavy atom. The highest BCUT2D eigenvalue weighted by Gasteiger charge is 2.50. The van der Waals surface area contributed by atoms with Crippen molar-refractivity contribution in [3.63, 3.8) is 0 Å². The fourth-order valence-corrected chi connectivity index (χ4v) is 1.64. The topological polar surface area (TPSA) is 69.9 Å². The van der Waals surface area contributed by atoms with Gasteiger partial charge in [0.15, 0.2) is 0 Å². The van der Waals surface area contributed by atoms with Crippen LogP contribution >= 0.6 is 0 Å². The monoisotopic (exact) mass is 176 g/mol. The molecule has 0 radical (unpaired) electrons. The lowest BCUT2D eigenvalue weighted by Gasteiger charge is -2.25. The van der Waals surface area contributed by atoms with Gasteiger partial charge in [-0.2, -0.15) is 0 Å². The standard InChI is InChI=1S/C8H16O4/c1-3-6-8(2,11)7(10)5(4-9)12-6/h5-7,9-11H,3-4H2,1-2H3. The molecule has 4 heteroatoms. The highest BCUT2D eigenvalue weighted by atomic mass is 16.6. The van der Waals surface area contributed by atoms with Crippen LogP contribution in [0.1, 0.15) is 20.3 Å². The molecular formula is C8H16O4. The zero-order valence-corrected chi connectivity index (χ0v) is 7.40. The van der Waals surface area contributed by atoms with Crippen LogP contribution in [0.5, 0.6) is 0 Å². The summed E-state index contributed by atoms with van der Waals surface area (Å²) in [4.78, 5) is 0. The number of hydrogen-bond acceptors (Lipinski definition) is 4. The van der Waals surface area contributed by atoms with E-state index in [0.29, 0.717) is 6.42 Å². The average molecular weight is 176 g/mol. The first-order valence-corrected chi connectivity index (χ1v) is 4.20. The maximum atomic E-state index is 9.74. The van der Waals surface area contributed by atoms with Crippen molar-refractivity contribution < 1.29 is 20.1 Å². The molecule has 1 rings (SSSR count). The van der Waals surface area contributed by atoms with E-state index < -0.39 is 17.8 Å². The summed E-state index contributed by atoms with van der Waals surface area (Å²) < 4.78 is 5.24. The van der Waals surface area contributed by atoms with Gasteiger partial charge < -0.3 is 20.1 Å². The Morgan fingerprint density at radius 2 is 2.08 bits per heavy atom. The van der Waals surface area contributed by atoms with Crippen LogP contribution in [0.4, 0.5) is 0 Å². The summed E-state index contributed by atoms with van der Waals surface area (Å²) in [6.45, 7) is 3.14. The van der Waals surface area contributed by atoms with E-state index in [-0.39, 0.29) is 12.7 Å². The van der Waals surface area contributed by atoms with Crippen molar-refractivity contribution in [3.8, 4) is 0 Å². The molecule has 3 N–H and O–H groups in total. The first kappa shape index (κ1) is 9.92. The predicted molar refractivity (Wildman–Crippen MR) is 42.7 cm³/mol. The largest absolute Gasteiger partial charge is 0.394 e. The van der Waals surface area contributed by atoms with Crippen LogP contribution < -0.4 is 0 Å². The number of aliphatic hydroxyl groups is 3. The van der Waals surface area contributed by atoms with E-state index in [1.165, 1.54) is 6.92 Å². The molecule has 1 heterocycles. The lowest BCUT2D eigenvalue weighted by molar-refractivity contribution is -0.0638. The lowest BCUT2D eigenvalue weighted by atomic mass is 9.92. The Bertz CT molecular complexity index is 153. The van der Waals surface area contributed by atoms with Crippen LogP contribution in [0, 0.1) is 0 Å². The van der Waals surface area contributed by atoms with Crippen LogP contribution in [0.2, 0.25) is 0 Å². The zero-order valence-electron chi connectivity index (χ0n) is 7.40. The van der Waals surface area contributed by atoms with Crippen LogP contribution in [-0.2, 0) is 4.74 Å². The smallest absolute Gasteiger partial charge is 0.116 e. The first-order valence-electron chi connectivity index (χ1n) is 4.20. The molecular weight excluding hydrogens is 160 g/mol. The summed E-state index contributed by atoms with van der Waals surface area (Å²) >= 11 is 0. The molecule has 4 nitrogen and oxygen atoms in total. The van der Waals surface area contributed by atoms with E-state index in [1.54, 1.807) is 0 Å². The molecule has 0 aromatic carbocycles. The summed E-state index contributed by atoms with van der Waals surface area (Å²) in [7, 11) is 0. The molecule has 12 heavy (non-hydrogen) atoms. The molecule has 72 valence electrons. The van der Waals surface area contributed by atoms with E-state index in [1.807, 2.05) is 6.92 Å². The maximum Gasteiger partial charge on any atom is 0.116 e. The Kier molecular flexibility index (Phi) is 2.73. The highest BCUT2D eigenvalue weighted by molar-refractivity contribution is 4.99. The Balaban J connectivity index is 2.73. The van der Waals surface area contributed by atoms with Gasteiger partial charge in [0.2, 0.25) is 0 Å². The van der Waals surface area contributed by atoms with Gasteiger partial charge in [-0.05, 0) is 13.3 Å². The summed E-state index contributed by atoms with van der Waals surface area (Å²) in [5.41, 5.74) is -1.23. The molecule has 0 bridgehead atoms. The van der Waals surface area contributed by atoms with Crippen LogP contribution in [-0.4, -0.2) is 45.8 Å². The normalized spacial score (nSPS) is 48.2. The van der Waals surface area contributed by atoms with E-state index in [9.17, 15) is 10.2 Å². The fourth-order valence-electron chi connectivity index (χ4n) is 1.64. The number of aliphatic hydroxyl groups excluding tert-OH is 2. The molecule has 1 saturated heterocycles. The number of ether oxygens (including phenoxy) is 1. The molecule has 0 aromatic rings. The molecule has 4 atom stereocenters. The van der Waals surface area contributed by atoms with Crippen molar-refractivity contribution in [3.05, 3.63) is 0 Å². The molecule has 1 aliphatic rings. The maximum absolute atomic E-state index is 9.74. The molecule has 0 amide bonds. The van der Waals surface area contributed by atoms with Gasteiger partial charge in [-0.3, -0.25) is 0 Å². The minimum Gasteiger partial charge on any atom is -0.394 e. The molecule has 0 spiro atoms. The SMILES string of the molecule is CCC1OC(CO)C(O)C1(C)O. The Hall–Kier alpha value is -0.160. The van der Waals surface area contributed by atoms with Crippen molar-refractivity contribution in [2.75, 3.05) is 6.61 Å². The van der Waals surface area contributed by atoms with Gasteiger partial charge in [-0.15, -0.1) is 0 Å². The third-order valence-corrected chi connectivity index (χ3v) is 2.49. The third kappa shape index (κ3) is 1.35. The molecule has 0 aliphatic carbocycles.